The maximum Gasteiger partial charge on any atom is 0.255 e. The van der Waals surface area contributed by atoms with Gasteiger partial charge in [-0.2, -0.15) is 0 Å². The van der Waals surface area contributed by atoms with Gasteiger partial charge in [-0.05, 0) is 47.1 Å². The van der Waals surface area contributed by atoms with Crippen LogP contribution in [0.5, 0.6) is 0 Å². The lowest BCUT2D eigenvalue weighted by Crippen LogP contribution is -2.21. The van der Waals surface area contributed by atoms with Gasteiger partial charge in [0.1, 0.15) is 0 Å². The number of benzene rings is 1. The first kappa shape index (κ1) is 17.4. The van der Waals surface area contributed by atoms with Gasteiger partial charge in [-0.25, -0.2) is 0 Å². The first-order valence-corrected chi connectivity index (χ1v) is 8.65. The standard InChI is InChI=1S/C21H25N3O/c1-14(19-11-16(9-10-22-19)21(2,3)4)23-12-15-13-24-20(25)18-8-6-5-7-17(15)18/h5-11,13-14,23H,12H2,1-4H3,(H,24,25). The molecule has 0 amide bonds. The lowest BCUT2D eigenvalue weighted by molar-refractivity contribution is 0.551. The molecule has 1 unspecified atom stereocenters. The number of hydrogen-bond donors (Lipinski definition) is 2. The monoisotopic (exact) mass is 335 g/mol. The average molecular weight is 335 g/mol. The third kappa shape index (κ3) is 3.80. The summed E-state index contributed by atoms with van der Waals surface area (Å²) in [6, 6.07) is 12.1. The van der Waals surface area contributed by atoms with Gasteiger partial charge < -0.3 is 10.3 Å². The third-order valence-electron chi connectivity index (χ3n) is 4.58. The van der Waals surface area contributed by atoms with Crippen molar-refractivity contribution in [2.45, 2.75) is 45.7 Å². The van der Waals surface area contributed by atoms with Crippen molar-refractivity contribution in [3.8, 4) is 0 Å². The van der Waals surface area contributed by atoms with Gasteiger partial charge in [0, 0.05) is 30.4 Å². The molecule has 3 aromatic rings. The fourth-order valence-electron chi connectivity index (χ4n) is 2.93. The molecular weight excluding hydrogens is 310 g/mol. The van der Waals surface area contributed by atoms with Gasteiger partial charge in [0.25, 0.3) is 5.56 Å². The van der Waals surface area contributed by atoms with Crippen LogP contribution in [0.25, 0.3) is 10.8 Å². The summed E-state index contributed by atoms with van der Waals surface area (Å²) in [4.78, 5) is 19.3. The van der Waals surface area contributed by atoms with Crippen molar-refractivity contribution >= 4 is 10.8 Å². The molecule has 2 N–H and O–H groups in total. The zero-order valence-electron chi connectivity index (χ0n) is 15.3. The lowest BCUT2D eigenvalue weighted by Gasteiger charge is -2.21. The lowest BCUT2D eigenvalue weighted by atomic mass is 9.87. The van der Waals surface area contributed by atoms with Crippen molar-refractivity contribution in [3.63, 3.8) is 0 Å². The van der Waals surface area contributed by atoms with Crippen molar-refractivity contribution in [1.29, 1.82) is 0 Å². The van der Waals surface area contributed by atoms with E-state index < -0.39 is 0 Å². The maximum absolute atomic E-state index is 11.9. The van der Waals surface area contributed by atoms with Crippen LogP contribution in [-0.2, 0) is 12.0 Å². The Balaban J connectivity index is 1.81. The highest BCUT2D eigenvalue weighted by molar-refractivity contribution is 5.84. The van der Waals surface area contributed by atoms with Crippen LogP contribution >= 0.6 is 0 Å². The van der Waals surface area contributed by atoms with Gasteiger partial charge in [0.05, 0.1) is 5.69 Å². The third-order valence-corrected chi connectivity index (χ3v) is 4.58. The molecule has 2 aromatic heterocycles. The number of H-pyrrole nitrogens is 1. The maximum atomic E-state index is 11.9. The van der Waals surface area contributed by atoms with E-state index in [2.05, 4.69) is 55.1 Å². The molecule has 2 heterocycles. The number of nitrogens with zero attached hydrogens (tertiary/aromatic N) is 1. The fourth-order valence-corrected chi connectivity index (χ4v) is 2.93. The second kappa shape index (κ2) is 6.81. The Hall–Kier alpha value is -2.46. The molecule has 0 aliphatic carbocycles. The molecule has 0 spiro atoms. The van der Waals surface area contributed by atoms with E-state index >= 15 is 0 Å². The molecule has 25 heavy (non-hydrogen) atoms. The predicted molar refractivity (Wildman–Crippen MR) is 103 cm³/mol. The molecule has 0 saturated heterocycles. The minimum atomic E-state index is -0.0491. The summed E-state index contributed by atoms with van der Waals surface area (Å²) >= 11 is 0. The zero-order valence-corrected chi connectivity index (χ0v) is 15.3. The molecular formula is C21H25N3O. The Labute approximate surface area is 148 Å². The SMILES string of the molecule is CC(NCc1c[nH]c(=O)c2ccccc12)c1cc(C(C)(C)C)ccn1. The average Bonchev–Trinajstić information content (AvgIpc) is 2.60. The highest BCUT2D eigenvalue weighted by atomic mass is 16.1. The molecule has 1 atom stereocenters. The summed E-state index contributed by atoms with van der Waals surface area (Å²) in [6.07, 6.45) is 3.67. The highest BCUT2D eigenvalue weighted by Gasteiger charge is 2.16. The van der Waals surface area contributed by atoms with Crippen molar-refractivity contribution < 1.29 is 0 Å². The molecule has 0 radical (unpaired) electrons. The van der Waals surface area contributed by atoms with Crippen LogP contribution in [0.2, 0.25) is 0 Å². The van der Waals surface area contributed by atoms with Crippen molar-refractivity contribution in [1.82, 2.24) is 15.3 Å². The minimum Gasteiger partial charge on any atom is -0.328 e. The van der Waals surface area contributed by atoms with Gasteiger partial charge in [-0.3, -0.25) is 9.78 Å². The number of fused-ring (bicyclic) bond motifs is 1. The van der Waals surface area contributed by atoms with E-state index in [1.54, 1.807) is 6.20 Å². The molecule has 0 aliphatic rings. The Morgan fingerprint density at radius 2 is 1.88 bits per heavy atom. The molecule has 0 fully saturated rings. The van der Waals surface area contributed by atoms with Gasteiger partial charge in [-0.1, -0.05) is 39.0 Å². The summed E-state index contributed by atoms with van der Waals surface area (Å²) in [6.45, 7) is 9.40. The van der Waals surface area contributed by atoms with Crippen molar-refractivity contribution in [2.24, 2.45) is 0 Å². The molecule has 130 valence electrons. The topological polar surface area (TPSA) is 57.8 Å². The second-order valence-corrected chi connectivity index (χ2v) is 7.51. The highest BCUT2D eigenvalue weighted by Crippen LogP contribution is 2.24. The summed E-state index contributed by atoms with van der Waals surface area (Å²) in [5.74, 6) is 0. The predicted octanol–water partition coefficient (Wildman–Crippen LogP) is 4.07. The minimum absolute atomic E-state index is 0.0491. The number of pyridine rings is 2. The number of hydrogen-bond acceptors (Lipinski definition) is 3. The number of aromatic amines is 1. The van der Waals surface area contributed by atoms with Crippen LogP contribution in [0.15, 0.2) is 53.6 Å². The van der Waals surface area contributed by atoms with E-state index in [1.165, 1.54) is 5.56 Å². The van der Waals surface area contributed by atoms with Crippen LogP contribution in [0.3, 0.4) is 0 Å². The van der Waals surface area contributed by atoms with E-state index in [0.717, 1.165) is 22.0 Å². The van der Waals surface area contributed by atoms with Gasteiger partial charge >= 0.3 is 0 Å². The summed E-state index contributed by atoms with van der Waals surface area (Å²) in [5, 5.41) is 5.23. The normalized spacial score (nSPS) is 13.1. The second-order valence-electron chi connectivity index (χ2n) is 7.51. The quantitative estimate of drug-likeness (QED) is 0.755. The Morgan fingerprint density at radius 3 is 2.60 bits per heavy atom. The van der Waals surface area contributed by atoms with Crippen LogP contribution < -0.4 is 10.9 Å². The molecule has 1 aromatic carbocycles. The van der Waals surface area contributed by atoms with Gasteiger partial charge in [-0.15, -0.1) is 0 Å². The molecule has 3 rings (SSSR count). The van der Waals surface area contributed by atoms with Crippen LogP contribution in [-0.4, -0.2) is 9.97 Å². The molecule has 4 nitrogen and oxygen atoms in total. The Morgan fingerprint density at radius 1 is 1.16 bits per heavy atom. The molecule has 0 bridgehead atoms. The van der Waals surface area contributed by atoms with E-state index in [1.807, 2.05) is 30.5 Å². The van der Waals surface area contributed by atoms with Crippen LogP contribution in [0.1, 0.15) is 50.6 Å². The first-order valence-electron chi connectivity index (χ1n) is 8.65. The fraction of sp³-hybridized carbons (Fsp3) is 0.333. The van der Waals surface area contributed by atoms with Crippen molar-refractivity contribution in [3.05, 3.63) is 76.0 Å². The van der Waals surface area contributed by atoms with Crippen molar-refractivity contribution in [2.75, 3.05) is 0 Å². The first-order chi connectivity index (χ1) is 11.9. The van der Waals surface area contributed by atoms with Gasteiger partial charge in [0.15, 0.2) is 0 Å². The van der Waals surface area contributed by atoms with E-state index in [0.29, 0.717) is 6.54 Å². The van der Waals surface area contributed by atoms with E-state index in [9.17, 15) is 4.79 Å². The molecule has 0 saturated carbocycles. The summed E-state index contributed by atoms with van der Waals surface area (Å²) < 4.78 is 0. The smallest absolute Gasteiger partial charge is 0.255 e. The van der Waals surface area contributed by atoms with E-state index in [4.69, 9.17) is 0 Å². The van der Waals surface area contributed by atoms with Crippen LogP contribution in [0, 0.1) is 0 Å². The number of rotatable bonds is 4. The van der Waals surface area contributed by atoms with Crippen LogP contribution in [0.4, 0.5) is 0 Å². The Bertz CT molecular complexity index is 938. The van der Waals surface area contributed by atoms with Gasteiger partial charge in [0.2, 0.25) is 0 Å². The molecule has 0 aliphatic heterocycles. The summed E-state index contributed by atoms with van der Waals surface area (Å²) in [7, 11) is 0. The largest absolute Gasteiger partial charge is 0.328 e. The molecule has 4 heteroatoms. The number of aromatic nitrogens is 2. The van der Waals surface area contributed by atoms with E-state index in [-0.39, 0.29) is 17.0 Å². The summed E-state index contributed by atoms with van der Waals surface area (Å²) in [5.41, 5.74) is 3.44. The Kier molecular flexibility index (Phi) is 4.73. The zero-order chi connectivity index (χ0) is 18.0. The number of nitrogens with one attached hydrogen (secondary N) is 2.